The van der Waals surface area contributed by atoms with Crippen molar-refractivity contribution in [3.8, 4) is 11.5 Å². The molecule has 0 bridgehead atoms. The average Bonchev–Trinajstić information content (AvgIpc) is 2.49. The van der Waals surface area contributed by atoms with Crippen LogP contribution in [0.3, 0.4) is 0 Å². The number of Topliss-reactive ketones (excluding diaryl/α,β-unsaturated/α-hetero) is 1. The van der Waals surface area contributed by atoms with E-state index in [0.717, 1.165) is 0 Å². The molecule has 6 heteroatoms. The number of amides is 1. The first-order valence-electron chi connectivity index (χ1n) is 7.62. The highest BCUT2D eigenvalue weighted by Gasteiger charge is 2.38. The van der Waals surface area contributed by atoms with Crippen molar-refractivity contribution in [1.29, 1.82) is 0 Å². The van der Waals surface area contributed by atoms with Gasteiger partial charge in [-0.1, -0.05) is 13.8 Å². The van der Waals surface area contributed by atoms with E-state index in [9.17, 15) is 14.4 Å². The van der Waals surface area contributed by atoms with Crippen molar-refractivity contribution < 1.29 is 23.9 Å². The number of fused-ring (bicyclic) bond motifs is 1. The van der Waals surface area contributed by atoms with E-state index in [1.54, 1.807) is 12.1 Å². The number of ether oxygens (including phenoxy) is 2. The summed E-state index contributed by atoms with van der Waals surface area (Å²) in [5, 5.41) is 0. The Bertz CT molecular complexity index is 638. The van der Waals surface area contributed by atoms with Gasteiger partial charge in [-0.15, -0.1) is 0 Å². The van der Waals surface area contributed by atoms with Gasteiger partial charge in [0.2, 0.25) is 0 Å². The highest BCUT2D eigenvalue weighted by Crippen LogP contribution is 2.43. The molecule has 1 unspecified atom stereocenters. The van der Waals surface area contributed by atoms with Gasteiger partial charge < -0.3 is 9.47 Å². The first-order chi connectivity index (χ1) is 10.9. The summed E-state index contributed by atoms with van der Waals surface area (Å²) < 4.78 is 11.4. The summed E-state index contributed by atoms with van der Waals surface area (Å²) in [7, 11) is 0. The summed E-state index contributed by atoms with van der Waals surface area (Å²) in [5.41, 5.74) is 0.760. The molecular weight excluding hydrogens is 298 g/mol. The molecule has 1 atom stereocenters. The van der Waals surface area contributed by atoms with Gasteiger partial charge in [-0.2, -0.15) is 0 Å². The normalized spacial score (nSPS) is 16.8. The third kappa shape index (κ3) is 3.36. The van der Waals surface area contributed by atoms with Crippen molar-refractivity contribution >= 4 is 23.7 Å². The second-order valence-corrected chi connectivity index (χ2v) is 5.83. The lowest BCUT2D eigenvalue weighted by Crippen LogP contribution is -2.50. The zero-order valence-corrected chi connectivity index (χ0v) is 13.8. The molecule has 1 heterocycles. The highest BCUT2D eigenvalue weighted by molar-refractivity contribution is 6.05. The monoisotopic (exact) mass is 319 g/mol. The number of ketones is 1. The molecule has 23 heavy (non-hydrogen) atoms. The van der Waals surface area contributed by atoms with E-state index < -0.39 is 6.10 Å². The zero-order chi connectivity index (χ0) is 17.1. The van der Waals surface area contributed by atoms with Gasteiger partial charge in [-0.05, 0) is 31.9 Å². The number of rotatable bonds is 6. The number of hydrogen-bond donors (Lipinski definition) is 0. The van der Waals surface area contributed by atoms with Crippen LogP contribution in [-0.4, -0.2) is 37.2 Å². The van der Waals surface area contributed by atoms with Crippen LogP contribution in [0.15, 0.2) is 12.1 Å². The molecule has 0 aliphatic carbocycles. The average molecular weight is 319 g/mol. The summed E-state index contributed by atoms with van der Waals surface area (Å²) in [6.45, 7) is 7.32. The van der Waals surface area contributed by atoms with Crippen LogP contribution in [-0.2, 0) is 9.59 Å². The minimum Gasteiger partial charge on any atom is -0.490 e. The summed E-state index contributed by atoms with van der Waals surface area (Å²) in [4.78, 5) is 36.8. The molecule has 6 nitrogen and oxygen atoms in total. The number of benzene rings is 1. The smallest absolute Gasteiger partial charge is 0.268 e. The van der Waals surface area contributed by atoms with Crippen LogP contribution in [0.1, 0.15) is 38.1 Å². The highest BCUT2D eigenvalue weighted by atomic mass is 16.5. The predicted molar refractivity (Wildman–Crippen MR) is 85.3 cm³/mol. The van der Waals surface area contributed by atoms with Gasteiger partial charge in [0.05, 0.1) is 18.8 Å². The van der Waals surface area contributed by atoms with E-state index in [1.165, 1.54) is 11.8 Å². The molecule has 0 radical (unpaired) electrons. The lowest BCUT2D eigenvalue weighted by atomic mass is 10.0. The maximum atomic E-state index is 12.7. The number of carbonyl (C=O) groups is 3. The van der Waals surface area contributed by atoms with Crippen molar-refractivity contribution in [2.24, 2.45) is 5.92 Å². The Morgan fingerprint density at radius 1 is 1.43 bits per heavy atom. The number of aldehydes is 1. The minimum atomic E-state index is -0.692. The van der Waals surface area contributed by atoms with E-state index in [4.69, 9.17) is 9.47 Å². The molecular formula is C17H21NO5. The van der Waals surface area contributed by atoms with E-state index in [1.807, 2.05) is 20.8 Å². The molecule has 1 aliphatic rings. The third-order valence-corrected chi connectivity index (χ3v) is 3.52. The van der Waals surface area contributed by atoms with Gasteiger partial charge in [0.15, 0.2) is 17.6 Å². The topological polar surface area (TPSA) is 72.9 Å². The van der Waals surface area contributed by atoms with Gasteiger partial charge in [0, 0.05) is 5.56 Å². The quantitative estimate of drug-likeness (QED) is 0.752. The summed E-state index contributed by atoms with van der Waals surface area (Å²) >= 11 is 0. The molecule has 2 rings (SSSR count). The summed E-state index contributed by atoms with van der Waals surface area (Å²) in [6.07, 6.45) is -0.0172. The molecule has 1 aromatic rings. The van der Waals surface area contributed by atoms with E-state index in [0.29, 0.717) is 35.6 Å². The van der Waals surface area contributed by atoms with Crippen LogP contribution >= 0.6 is 0 Å². The number of hydrogen-bond acceptors (Lipinski definition) is 5. The fourth-order valence-electron chi connectivity index (χ4n) is 2.51. The van der Waals surface area contributed by atoms with Crippen molar-refractivity contribution in [3.63, 3.8) is 0 Å². The van der Waals surface area contributed by atoms with Crippen LogP contribution < -0.4 is 14.4 Å². The van der Waals surface area contributed by atoms with Gasteiger partial charge in [0.1, 0.15) is 12.1 Å². The molecule has 0 N–H and O–H groups in total. The Balaban J connectivity index is 2.62. The molecule has 1 aromatic carbocycles. The number of carbonyl (C=O) groups excluding carboxylic acids is 3. The van der Waals surface area contributed by atoms with E-state index in [2.05, 4.69) is 0 Å². The first kappa shape index (κ1) is 17.0. The molecule has 0 spiro atoms. The molecule has 0 aromatic heterocycles. The SMILES string of the molecule is CCOc1cc(C=O)cc2c1OC(C(C)C)C(=O)N2CC(C)=O. The Morgan fingerprint density at radius 2 is 2.13 bits per heavy atom. The van der Waals surface area contributed by atoms with Crippen molar-refractivity contribution in [3.05, 3.63) is 17.7 Å². The van der Waals surface area contributed by atoms with E-state index in [-0.39, 0.29) is 24.2 Å². The molecule has 0 saturated carbocycles. The van der Waals surface area contributed by atoms with Crippen LogP contribution in [0.4, 0.5) is 5.69 Å². The van der Waals surface area contributed by atoms with Gasteiger partial charge >= 0.3 is 0 Å². The number of nitrogens with zero attached hydrogens (tertiary/aromatic N) is 1. The maximum Gasteiger partial charge on any atom is 0.268 e. The lowest BCUT2D eigenvalue weighted by Gasteiger charge is -2.36. The predicted octanol–water partition coefficient (Wildman–Crippen LogP) is 2.24. The van der Waals surface area contributed by atoms with Gasteiger partial charge in [-0.25, -0.2) is 0 Å². The Morgan fingerprint density at radius 3 is 2.65 bits per heavy atom. The fourth-order valence-corrected chi connectivity index (χ4v) is 2.51. The Hall–Kier alpha value is -2.37. The van der Waals surface area contributed by atoms with Crippen LogP contribution in [0.25, 0.3) is 0 Å². The van der Waals surface area contributed by atoms with Crippen LogP contribution in [0, 0.1) is 5.92 Å². The molecule has 0 saturated heterocycles. The summed E-state index contributed by atoms with van der Waals surface area (Å²) in [5.74, 6) is 0.303. The Labute approximate surface area is 135 Å². The summed E-state index contributed by atoms with van der Waals surface area (Å²) in [6, 6.07) is 3.12. The standard InChI is InChI=1S/C17H21NO5/c1-5-22-14-7-12(9-19)6-13-16(14)23-15(10(2)3)17(21)18(13)8-11(4)20/h6-7,9-10,15H,5,8H2,1-4H3. The van der Waals surface area contributed by atoms with Crippen LogP contribution in [0.2, 0.25) is 0 Å². The van der Waals surface area contributed by atoms with Crippen molar-refractivity contribution in [1.82, 2.24) is 0 Å². The van der Waals surface area contributed by atoms with Crippen molar-refractivity contribution in [2.45, 2.75) is 33.8 Å². The second-order valence-electron chi connectivity index (χ2n) is 5.83. The zero-order valence-electron chi connectivity index (χ0n) is 13.8. The molecule has 0 fully saturated rings. The number of anilines is 1. The third-order valence-electron chi connectivity index (χ3n) is 3.52. The second kappa shape index (κ2) is 6.81. The fraction of sp³-hybridized carbons (Fsp3) is 0.471. The van der Waals surface area contributed by atoms with E-state index >= 15 is 0 Å². The molecule has 1 amide bonds. The van der Waals surface area contributed by atoms with Gasteiger partial charge in [-0.3, -0.25) is 19.3 Å². The van der Waals surface area contributed by atoms with Gasteiger partial charge in [0.25, 0.3) is 5.91 Å². The molecule has 124 valence electrons. The van der Waals surface area contributed by atoms with Crippen molar-refractivity contribution in [2.75, 3.05) is 18.1 Å². The lowest BCUT2D eigenvalue weighted by molar-refractivity contribution is -0.129. The Kier molecular flexibility index (Phi) is 5.03. The first-order valence-corrected chi connectivity index (χ1v) is 7.62. The molecule has 1 aliphatic heterocycles. The minimum absolute atomic E-state index is 0.0632. The van der Waals surface area contributed by atoms with Crippen LogP contribution in [0.5, 0.6) is 11.5 Å². The largest absolute Gasteiger partial charge is 0.490 e. The maximum absolute atomic E-state index is 12.7.